The number of hydrogen-bond donors (Lipinski definition) is 2. The van der Waals surface area contributed by atoms with Crippen LogP contribution in [0.5, 0.6) is 0 Å². The molecule has 1 amide bonds. The van der Waals surface area contributed by atoms with Crippen molar-refractivity contribution >= 4 is 5.91 Å². The van der Waals surface area contributed by atoms with Crippen molar-refractivity contribution in [1.82, 2.24) is 20.1 Å². The number of carbonyl (C=O) groups excluding carboxylic acids is 1. The number of nitrogens with one attached hydrogen (secondary N) is 1. The molecule has 0 atom stereocenters. The summed E-state index contributed by atoms with van der Waals surface area (Å²) in [6.45, 7) is -0.0312. The molecular formula is C11H11FN4O2. The summed E-state index contributed by atoms with van der Waals surface area (Å²) in [5.74, 6) is -1.01. The second-order valence-electron chi connectivity index (χ2n) is 3.49. The van der Waals surface area contributed by atoms with Crippen LogP contribution in [0.25, 0.3) is 5.69 Å². The van der Waals surface area contributed by atoms with Crippen LogP contribution in [0.3, 0.4) is 0 Å². The normalized spacial score (nSPS) is 10.3. The monoisotopic (exact) mass is 250 g/mol. The Balaban J connectivity index is 2.22. The third-order valence-electron chi connectivity index (χ3n) is 2.27. The van der Waals surface area contributed by atoms with Crippen molar-refractivity contribution in [2.75, 3.05) is 13.2 Å². The molecular weight excluding hydrogens is 239 g/mol. The van der Waals surface area contributed by atoms with Gasteiger partial charge in [-0.1, -0.05) is 0 Å². The molecule has 0 aliphatic carbocycles. The highest BCUT2D eigenvalue weighted by Gasteiger charge is 2.10. The Bertz CT molecular complexity index is 542. The Morgan fingerprint density at radius 1 is 1.50 bits per heavy atom. The van der Waals surface area contributed by atoms with Gasteiger partial charge in [0.25, 0.3) is 5.91 Å². The third-order valence-corrected chi connectivity index (χ3v) is 2.27. The van der Waals surface area contributed by atoms with Gasteiger partial charge in [0.05, 0.1) is 6.61 Å². The van der Waals surface area contributed by atoms with Crippen molar-refractivity contribution in [2.45, 2.75) is 0 Å². The van der Waals surface area contributed by atoms with Crippen LogP contribution in [-0.4, -0.2) is 38.9 Å². The first-order chi connectivity index (χ1) is 8.72. The van der Waals surface area contributed by atoms with Crippen LogP contribution in [0.4, 0.5) is 4.39 Å². The first kappa shape index (κ1) is 12.2. The molecule has 6 nitrogen and oxygen atoms in total. The minimum Gasteiger partial charge on any atom is -0.395 e. The van der Waals surface area contributed by atoms with Crippen molar-refractivity contribution < 1.29 is 14.3 Å². The minimum absolute atomic E-state index is 0.130. The van der Waals surface area contributed by atoms with Gasteiger partial charge in [-0.3, -0.25) is 4.79 Å². The summed E-state index contributed by atoms with van der Waals surface area (Å²) < 4.78 is 15.0. The number of halogens is 1. The van der Waals surface area contributed by atoms with E-state index in [0.29, 0.717) is 0 Å². The number of carbonyl (C=O) groups is 1. The predicted octanol–water partition coefficient (Wildman–Crippen LogP) is 0.128. The molecule has 18 heavy (non-hydrogen) atoms. The lowest BCUT2D eigenvalue weighted by atomic mass is 10.2. The van der Waals surface area contributed by atoms with Gasteiger partial charge in [0.2, 0.25) is 0 Å². The average Bonchev–Trinajstić information content (AvgIpc) is 2.89. The number of nitrogens with zero attached hydrogens (tertiary/aromatic N) is 3. The van der Waals surface area contributed by atoms with E-state index in [0.717, 1.165) is 6.07 Å². The summed E-state index contributed by atoms with van der Waals surface area (Å²) in [6, 6.07) is 4.04. The second-order valence-corrected chi connectivity index (χ2v) is 3.49. The van der Waals surface area contributed by atoms with Gasteiger partial charge in [0.1, 0.15) is 24.2 Å². The van der Waals surface area contributed by atoms with Crippen LogP contribution in [0.1, 0.15) is 10.4 Å². The van der Waals surface area contributed by atoms with Gasteiger partial charge in [-0.15, -0.1) is 0 Å². The van der Waals surface area contributed by atoms with Gasteiger partial charge in [-0.25, -0.2) is 14.1 Å². The van der Waals surface area contributed by atoms with Gasteiger partial charge in [0, 0.05) is 12.1 Å². The molecule has 0 saturated carbocycles. The predicted molar refractivity (Wildman–Crippen MR) is 60.7 cm³/mol. The first-order valence-corrected chi connectivity index (χ1v) is 5.26. The SMILES string of the molecule is O=C(NCCO)c1ccc(-n2cncn2)c(F)c1. The van der Waals surface area contributed by atoms with Crippen molar-refractivity contribution in [3.8, 4) is 5.69 Å². The van der Waals surface area contributed by atoms with Crippen molar-refractivity contribution in [3.05, 3.63) is 42.2 Å². The van der Waals surface area contributed by atoms with Crippen LogP contribution < -0.4 is 5.32 Å². The van der Waals surface area contributed by atoms with Crippen molar-refractivity contribution in [1.29, 1.82) is 0 Å². The Hall–Kier alpha value is -2.28. The number of benzene rings is 1. The Morgan fingerprint density at radius 2 is 2.33 bits per heavy atom. The smallest absolute Gasteiger partial charge is 0.251 e. The van der Waals surface area contributed by atoms with Gasteiger partial charge in [0.15, 0.2) is 0 Å². The van der Waals surface area contributed by atoms with Crippen LogP contribution in [-0.2, 0) is 0 Å². The number of aliphatic hydroxyl groups is 1. The van der Waals surface area contributed by atoms with E-state index >= 15 is 0 Å². The summed E-state index contributed by atoms with van der Waals surface area (Å²) in [5, 5.41) is 14.8. The van der Waals surface area contributed by atoms with Gasteiger partial charge in [-0.05, 0) is 18.2 Å². The lowest BCUT2D eigenvalue weighted by molar-refractivity contribution is 0.0944. The molecule has 0 saturated heterocycles. The Morgan fingerprint density at radius 3 is 2.94 bits per heavy atom. The summed E-state index contributed by atoms with van der Waals surface area (Å²) >= 11 is 0. The molecule has 7 heteroatoms. The molecule has 0 aliphatic rings. The Labute approximate surface area is 102 Å². The molecule has 0 spiro atoms. The number of amides is 1. The summed E-state index contributed by atoms with van der Waals surface area (Å²) in [5.41, 5.74) is 0.399. The summed E-state index contributed by atoms with van der Waals surface area (Å²) in [7, 11) is 0. The van der Waals surface area contributed by atoms with E-state index in [-0.39, 0.29) is 24.4 Å². The zero-order chi connectivity index (χ0) is 13.0. The number of aliphatic hydroxyl groups excluding tert-OH is 1. The maximum Gasteiger partial charge on any atom is 0.251 e. The van der Waals surface area contributed by atoms with Crippen LogP contribution in [0.15, 0.2) is 30.9 Å². The summed E-state index contributed by atoms with van der Waals surface area (Å²) in [4.78, 5) is 15.2. The molecule has 2 aromatic rings. The second kappa shape index (κ2) is 5.37. The van der Waals surface area contributed by atoms with E-state index < -0.39 is 11.7 Å². The van der Waals surface area contributed by atoms with Crippen molar-refractivity contribution in [3.63, 3.8) is 0 Å². The van der Waals surface area contributed by atoms with E-state index in [1.807, 2.05) is 0 Å². The molecule has 1 aromatic carbocycles. The molecule has 2 N–H and O–H groups in total. The van der Waals surface area contributed by atoms with E-state index in [1.54, 1.807) is 0 Å². The number of rotatable bonds is 4. The average molecular weight is 250 g/mol. The van der Waals surface area contributed by atoms with Gasteiger partial charge >= 0.3 is 0 Å². The molecule has 2 rings (SSSR count). The standard InChI is InChI=1S/C11H11FN4O2/c12-9-5-8(11(18)14-3-4-17)1-2-10(9)16-7-13-6-15-16/h1-2,5-7,17H,3-4H2,(H,14,18). The minimum atomic E-state index is -0.572. The largest absolute Gasteiger partial charge is 0.395 e. The Kier molecular flexibility index (Phi) is 3.63. The molecule has 0 radical (unpaired) electrons. The quantitative estimate of drug-likeness (QED) is 0.808. The van der Waals surface area contributed by atoms with E-state index in [2.05, 4.69) is 15.4 Å². The molecule has 1 aromatic heterocycles. The first-order valence-electron chi connectivity index (χ1n) is 5.26. The van der Waals surface area contributed by atoms with Gasteiger partial charge < -0.3 is 10.4 Å². The molecule has 94 valence electrons. The topological polar surface area (TPSA) is 80.0 Å². The maximum absolute atomic E-state index is 13.8. The van der Waals surface area contributed by atoms with Gasteiger partial charge in [-0.2, -0.15) is 5.10 Å². The highest BCUT2D eigenvalue weighted by Crippen LogP contribution is 2.13. The summed E-state index contributed by atoms with van der Waals surface area (Å²) in [6.07, 6.45) is 2.66. The lowest BCUT2D eigenvalue weighted by Crippen LogP contribution is -2.26. The van der Waals surface area contributed by atoms with Crippen molar-refractivity contribution in [2.24, 2.45) is 0 Å². The van der Waals surface area contributed by atoms with E-state index in [1.165, 1.54) is 29.5 Å². The van der Waals surface area contributed by atoms with Crippen LogP contribution in [0.2, 0.25) is 0 Å². The van der Waals surface area contributed by atoms with E-state index in [9.17, 15) is 9.18 Å². The van der Waals surface area contributed by atoms with Crippen LogP contribution in [0, 0.1) is 5.82 Å². The van der Waals surface area contributed by atoms with Crippen LogP contribution >= 0.6 is 0 Å². The fraction of sp³-hybridized carbons (Fsp3) is 0.182. The molecule has 0 fully saturated rings. The molecule has 0 unspecified atom stereocenters. The maximum atomic E-state index is 13.8. The number of aromatic nitrogens is 3. The zero-order valence-corrected chi connectivity index (χ0v) is 9.38. The molecule has 1 heterocycles. The number of hydrogen-bond acceptors (Lipinski definition) is 4. The highest BCUT2D eigenvalue weighted by molar-refractivity contribution is 5.94. The zero-order valence-electron chi connectivity index (χ0n) is 9.38. The fourth-order valence-electron chi connectivity index (χ4n) is 1.44. The fourth-order valence-corrected chi connectivity index (χ4v) is 1.44. The highest BCUT2D eigenvalue weighted by atomic mass is 19.1. The third kappa shape index (κ3) is 2.51. The molecule has 0 bridgehead atoms. The molecule has 0 aliphatic heterocycles. The van der Waals surface area contributed by atoms with E-state index in [4.69, 9.17) is 5.11 Å². The lowest BCUT2D eigenvalue weighted by Gasteiger charge is -2.06.